The molecule has 0 spiro atoms. The molecule has 0 saturated carbocycles. The zero-order chi connectivity index (χ0) is 25.9. The van der Waals surface area contributed by atoms with Gasteiger partial charge in [0, 0.05) is 55.0 Å². The number of carbonyl (C=O) groups excluding carboxylic acids is 3. The molecule has 3 heterocycles. The third-order valence-corrected chi connectivity index (χ3v) is 7.22. The number of urea groups is 1. The van der Waals surface area contributed by atoms with Crippen LogP contribution in [-0.4, -0.2) is 46.3 Å². The van der Waals surface area contributed by atoms with Crippen LogP contribution < -0.4 is 16.2 Å². The Morgan fingerprint density at radius 2 is 1.68 bits per heavy atom. The maximum Gasteiger partial charge on any atom is 0.318 e. The fraction of sp³-hybridized carbons (Fsp3) is 0.310. The van der Waals surface area contributed by atoms with Crippen molar-refractivity contribution in [2.75, 3.05) is 18.4 Å². The van der Waals surface area contributed by atoms with Crippen molar-refractivity contribution in [1.82, 2.24) is 14.8 Å². The number of benzene rings is 2. The lowest BCUT2D eigenvalue weighted by atomic mass is 9.83. The summed E-state index contributed by atoms with van der Waals surface area (Å²) in [5, 5.41) is 5.84. The van der Waals surface area contributed by atoms with E-state index < -0.39 is 6.04 Å². The fourth-order valence-corrected chi connectivity index (χ4v) is 5.38. The predicted molar refractivity (Wildman–Crippen MR) is 141 cm³/mol. The molecule has 1 aromatic heterocycles. The SMILES string of the molecule is CC(=O)c1ccc(NC(=O)C(Cc2ccccc2)NC(=O)N2CC3CC(C2)c2cccc(=O)n2C3)cc1. The van der Waals surface area contributed by atoms with Gasteiger partial charge in [-0.1, -0.05) is 36.4 Å². The zero-order valence-electron chi connectivity index (χ0n) is 20.7. The molecular formula is C29H30N4O4. The summed E-state index contributed by atoms with van der Waals surface area (Å²) in [6, 6.07) is 20.5. The maximum absolute atomic E-state index is 13.4. The van der Waals surface area contributed by atoms with Crippen LogP contribution in [0.5, 0.6) is 0 Å². The molecule has 2 N–H and O–H groups in total. The van der Waals surface area contributed by atoms with Crippen molar-refractivity contribution >= 4 is 23.4 Å². The van der Waals surface area contributed by atoms with Crippen LogP contribution in [0.3, 0.4) is 0 Å². The Morgan fingerprint density at radius 1 is 0.919 bits per heavy atom. The molecule has 1 fully saturated rings. The van der Waals surface area contributed by atoms with Crippen molar-refractivity contribution in [2.24, 2.45) is 5.92 Å². The van der Waals surface area contributed by atoms with E-state index in [4.69, 9.17) is 0 Å². The second-order valence-electron chi connectivity index (χ2n) is 9.92. The third kappa shape index (κ3) is 5.48. The molecule has 1 saturated heterocycles. The molecule has 5 rings (SSSR count). The highest BCUT2D eigenvalue weighted by atomic mass is 16.2. The number of piperidine rings is 1. The molecule has 3 atom stereocenters. The van der Waals surface area contributed by atoms with Gasteiger partial charge >= 0.3 is 6.03 Å². The quantitative estimate of drug-likeness (QED) is 0.509. The maximum atomic E-state index is 13.4. The topological polar surface area (TPSA) is 101 Å². The predicted octanol–water partition coefficient (Wildman–Crippen LogP) is 3.43. The number of nitrogens with zero attached hydrogens (tertiary/aromatic N) is 2. The summed E-state index contributed by atoms with van der Waals surface area (Å²) < 4.78 is 1.83. The number of Topliss-reactive ketones (excluding diaryl/α,β-unsaturated/α-hetero) is 1. The first-order valence-electron chi connectivity index (χ1n) is 12.6. The number of hydrogen-bond donors (Lipinski definition) is 2. The van der Waals surface area contributed by atoms with E-state index in [0.29, 0.717) is 37.3 Å². The van der Waals surface area contributed by atoms with Crippen LogP contribution in [0.2, 0.25) is 0 Å². The summed E-state index contributed by atoms with van der Waals surface area (Å²) in [5.74, 6) is -0.0978. The van der Waals surface area contributed by atoms with Crippen LogP contribution in [0, 0.1) is 5.92 Å². The Balaban J connectivity index is 1.31. The van der Waals surface area contributed by atoms with Crippen LogP contribution in [0.25, 0.3) is 0 Å². The minimum Gasteiger partial charge on any atom is -0.326 e. The van der Waals surface area contributed by atoms with E-state index in [1.807, 2.05) is 41.0 Å². The van der Waals surface area contributed by atoms with E-state index in [9.17, 15) is 19.2 Å². The van der Waals surface area contributed by atoms with Gasteiger partial charge in [0.2, 0.25) is 5.91 Å². The number of amides is 3. The molecule has 2 aliphatic heterocycles. The Morgan fingerprint density at radius 3 is 2.41 bits per heavy atom. The first-order valence-corrected chi connectivity index (χ1v) is 12.6. The van der Waals surface area contributed by atoms with Crippen molar-refractivity contribution in [3.05, 3.63) is 100.0 Å². The standard InChI is InChI=1S/C29H30N4O4/c1-19(34)22-10-12-24(13-11-22)30-28(36)25(15-20-6-3-2-4-7-20)31-29(37)32-16-21-14-23(18-32)26-8-5-9-27(35)33(26)17-21/h2-13,21,23,25H,14-18H2,1H3,(H,30,36)(H,31,37). The second kappa shape index (κ2) is 10.4. The van der Waals surface area contributed by atoms with Crippen molar-refractivity contribution in [1.29, 1.82) is 0 Å². The number of anilines is 1. The summed E-state index contributed by atoms with van der Waals surface area (Å²) in [4.78, 5) is 52.4. The average molecular weight is 499 g/mol. The summed E-state index contributed by atoms with van der Waals surface area (Å²) in [6.07, 6.45) is 1.28. The summed E-state index contributed by atoms with van der Waals surface area (Å²) in [6.45, 7) is 3.12. The molecule has 8 heteroatoms. The molecule has 3 unspecified atom stereocenters. The number of aromatic nitrogens is 1. The summed E-state index contributed by atoms with van der Waals surface area (Å²) >= 11 is 0. The van der Waals surface area contributed by atoms with Crippen molar-refractivity contribution in [3.63, 3.8) is 0 Å². The van der Waals surface area contributed by atoms with Crippen LogP contribution in [0.4, 0.5) is 10.5 Å². The Labute approximate surface area is 215 Å². The molecule has 0 aliphatic carbocycles. The first kappa shape index (κ1) is 24.5. The van der Waals surface area contributed by atoms with Crippen molar-refractivity contribution < 1.29 is 14.4 Å². The highest BCUT2D eigenvalue weighted by Crippen LogP contribution is 2.34. The molecule has 2 aromatic carbocycles. The van der Waals surface area contributed by atoms with E-state index in [1.54, 1.807) is 41.3 Å². The van der Waals surface area contributed by atoms with Crippen molar-refractivity contribution in [3.8, 4) is 0 Å². The largest absolute Gasteiger partial charge is 0.326 e. The zero-order valence-corrected chi connectivity index (χ0v) is 20.7. The van der Waals surface area contributed by atoms with Gasteiger partial charge in [-0.05, 0) is 55.2 Å². The van der Waals surface area contributed by atoms with Gasteiger partial charge < -0.3 is 20.1 Å². The van der Waals surface area contributed by atoms with Gasteiger partial charge in [-0.15, -0.1) is 0 Å². The van der Waals surface area contributed by atoms with Crippen LogP contribution in [0.1, 0.15) is 40.9 Å². The summed E-state index contributed by atoms with van der Waals surface area (Å²) in [7, 11) is 0. The number of fused-ring (bicyclic) bond motifs is 4. The molecule has 2 aliphatic rings. The number of ketones is 1. The molecule has 3 aromatic rings. The number of nitrogens with one attached hydrogen (secondary N) is 2. The second-order valence-corrected chi connectivity index (χ2v) is 9.92. The van der Waals surface area contributed by atoms with Gasteiger partial charge in [-0.3, -0.25) is 14.4 Å². The highest BCUT2D eigenvalue weighted by molar-refractivity contribution is 5.98. The van der Waals surface area contributed by atoms with Gasteiger partial charge in [0.25, 0.3) is 5.56 Å². The molecule has 37 heavy (non-hydrogen) atoms. The number of rotatable bonds is 6. The smallest absolute Gasteiger partial charge is 0.318 e. The number of carbonyl (C=O) groups is 3. The van der Waals surface area contributed by atoms with Gasteiger partial charge in [0.05, 0.1) is 0 Å². The van der Waals surface area contributed by atoms with Crippen LogP contribution >= 0.6 is 0 Å². The molecule has 190 valence electrons. The van der Waals surface area contributed by atoms with Gasteiger partial charge in [-0.25, -0.2) is 4.79 Å². The van der Waals surface area contributed by atoms with E-state index >= 15 is 0 Å². The number of hydrogen-bond acceptors (Lipinski definition) is 4. The van der Waals surface area contributed by atoms with Crippen LogP contribution in [-0.2, 0) is 17.8 Å². The van der Waals surface area contributed by atoms with E-state index in [-0.39, 0.29) is 35.1 Å². The molecule has 3 amide bonds. The molecular weight excluding hydrogens is 468 g/mol. The van der Waals surface area contributed by atoms with Gasteiger partial charge in [0.15, 0.2) is 5.78 Å². The Hall–Kier alpha value is -4.20. The lowest BCUT2D eigenvalue weighted by Gasteiger charge is -2.43. The van der Waals surface area contributed by atoms with Crippen LogP contribution in [0.15, 0.2) is 77.6 Å². The number of pyridine rings is 1. The van der Waals surface area contributed by atoms with Crippen molar-refractivity contribution in [2.45, 2.75) is 38.3 Å². The van der Waals surface area contributed by atoms with Gasteiger partial charge in [0.1, 0.15) is 6.04 Å². The molecule has 0 radical (unpaired) electrons. The minimum atomic E-state index is -0.793. The van der Waals surface area contributed by atoms with E-state index in [1.165, 1.54) is 6.92 Å². The molecule has 8 nitrogen and oxygen atoms in total. The fourth-order valence-electron chi connectivity index (χ4n) is 5.38. The Kier molecular flexibility index (Phi) is 6.90. The summed E-state index contributed by atoms with van der Waals surface area (Å²) in [5.41, 5.74) is 3.01. The Bertz CT molecular complexity index is 1370. The first-order chi connectivity index (χ1) is 17.9. The average Bonchev–Trinajstić information content (AvgIpc) is 2.89. The molecule has 2 bridgehead atoms. The van der Waals surface area contributed by atoms with E-state index in [0.717, 1.165) is 17.7 Å². The minimum absolute atomic E-state index is 0.000957. The monoisotopic (exact) mass is 498 g/mol. The normalized spacial score (nSPS) is 18.9. The van der Waals surface area contributed by atoms with E-state index in [2.05, 4.69) is 10.6 Å². The lowest BCUT2D eigenvalue weighted by molar-refractivity contribution is -0.118. The third-order valence-electron chi connectivity index (χ3n) is 7.22. The highest BCUT2D eigenvalue weighted by Gasteiger charge is 2.37. The van der Waals surface area contributed by atoms with Gasteiger partial charge in [-0.2, -0.15) is 0 Å². The number of likely N-dealkylation sites (tertiary alicyclic amines) is 1. The lowest BCUT2D eigenvalue weighted by Crippen LogP contribution is -2.55.